The maximum Gasteiger partial charge on any atom is 0.329 e. The second-order valence-electron chi connectivity index (χ2n) is 5.04. The number of hydrogen-bond donors (Lipinski definition) is 2. The third-order valence-corrected chi connectivity index (χ3v) is 3.13. The van der Waals surface area contributed by atoms with E-state index in [9.17, 15) is 9.59 Å². The van der Waals surface area contributed by atoms with Crippen LogP contribution in [0.15, 0.2) is 72.4 Å². The monoisotopic (exact) mass is 337 g/mol. The molecule has 0 spiro atoms. The summed E-state index contributed by atoms with van der Waals surface area (Å²) in [4.78, 5) is 23.3. The number of rotatable bonds is 7. The number of amides is 2. The quantitative estimate of drug-likeness (QED) is 0.351. The fourth-order valence-electron chi connectivity index (χ4n) is 1.88. The van der Waals surface area contributed by atoms with E-state index in [0.29, 0.717) is 12.4 Å². The number of hydrazone groups is 1. The molecule has 2 aromatic carbocycles. The largest absolute Gasteiger partial charge is 0.490 e. The Hall–Kier alpha value is -3.41. The van der Waals surface area contributed by atoms with Crippen molar-refractivity contribution < 1.29 is 14.3 Å². The molecule has 2 amide bonds. The summed E-state index contributed by atoms with van der Waals surface area (Å²) >= 11 is 0. The van der Waals surface area contributed by atoms with Gasteiger partial charge < -0.3 is 10.1 Å². The van der Waals surface area contributed by atoms with Crippen molar-refractivity contribution in [3.63, 3.8) is 0 Å². The van der Waals surface area contributed by atoms with Crippen LogP contribution in [0.4, 0.5) is 0 Å². The van der Waals surface area contributed by atoms with Gasteiger partial charge in [-0.05, 0) is 35.4 Å². The summed E-state index contributed by atoms with van der Waals surface area (Å²) in [6.45, 7) is 4.29. The van der Waals surface area contributed by atoms with Gasteiger partial charge in [0.25, 0.3) is 0 Å². The molecule has 2 N–H and O–H groups in total. The van der Waals surface area contributed by atoms with E-state index in [4.69, 9.17) is 4.74 Å². The van der Waals surface area contributed by atoms with Gasteiger partial charge in [0, 0.05) is 6.54 Å². The number of carbonyl (C=O) groups excluding carboxylic acids is 2. The molecule has 0 saturated heterocycles. The highest BCUT2D eigenvalue weighted by Crippen LogP contribution is 2.10. The molecular weight excluding hydrogens is 318 g/mol. The molecule has 25 heavy (non-hydrogen) atoms. The fraction of sp³-hybridized carbons (Fsp3) is 0.105. The second kappa shape index (κ2) is 9.67. The number of nitrogens with zero attached hydrogens (tertiary/aromatic N) is 1. The molecule has 0 heterocycles. The smallest absolute Gasteiger partial charge is 0.329 e. The summed E-state index contributed by atoms with van der Waals surface area (Å²) in [5.41, 5.74) is 3.86. The average molecular weight is 337 g/mol. The molecule has 6 nitrogen and oxygen atoms in total. The van der Waals surface area contributed by atoms with Gasteiger partial charge in [0.05, 0.1) is 6.21 Å². The zero-order valence-electron chi connectivity index (χ0n) is 13.6. The van der Waals surface area contributed by atoms with Gasteiger partial charge in [-0.3, -0.25) is 9.59 Å². The van der Waals surface area contributed by atoms with Crippen LogP contribution in [-0.4, -0.2) is 24.6 Å². The molecule has 6 heteroatoms. The van der Waals surface area contributed by atoms with Gasteiger partial charge in [-0.15, -0.1) is 0 Å². The van der Waals surface area contributed by atoms with E-state index in [1.807, 2.05) is 30.3 Å². The van der Waals surface area contributed by atoms with Crippen LogP contribution in [0.1, 0.15) is 11.1 Å². The van der Waals surface area contributed by atoms with Crippen molar-refractivity contribution >= 4 is 18.0 Å². The van der Waals surface area contributed by atoms with E-state index < -0.39 is 11.8 Å². The minimum Gasteiger partial charge on any atom is -0.490 e. The lowest BCUT2D eigenvalue weighted by molar-refractivity contribution is -0.139. The average Bonchev–Trinajstić information content (AvgIpc) is 2.66. The molecule has 0 radical (unpaired) electrons. The van der Waals surface area contributed by atoms with E-state index >= 15 is 0 Å². The number of ether oxygens (including phenoxy) is 1. The van der Waals surface area contributed by atoms with Gasteiger partial charge >= 0.3 is 11.8 Å². The van der Waals surface area contributed by atoms with Gasteiger partial charge in [0.15, 0.2) is 0 Å². The zero-order valence-corrected chi connectivity index (χ0v) is 13.6. The van der Waals surface area contributed by atoms with Crippen LogP contribution in [0, 0.1) is 0 Å². The van der Waals surface area contributed by atoms with E-state index in [1.165, 1.54) is 6.21 Å². The molecule has 2 rings (SSSR count). The Labute approximate surface area is 146 Å². The molecular formula is C19H19N3O3. The Morgan fingerprint density at radius 1 is 1.04 bits per heavy atom. The first kappa shape index (κ1) is 17.9. The van der Waals surface area contributed by atoms with Crippen molar-refractivity contribution in [2.75, 3.05) is 6.61 Å². The van der Waals surface area contributed by atoms with Crippen LogP contribution in [0.3, 0.4) is 0 Å². The highest BCUT2D eigenvalue weighted by atomic mass is 16.5. The Balaban J connectivity index is 1.77. The SMILES string of the molecule is C=CCOc1ccc(/C=N\NC(=O)C(=O)NCc2ccccc2)cc1. The van der Waals surface area contributed by atoms with Crippen LogP contribution in [-0.2, 0) is 16.1 Å². The molecule has 0 saturated carbocycles. The minimum absolute atomic E-state index is 0.281. The summed E-state index contributed by atoms with van der Waals surface area (Å²) in [6.07, 6.45) is 3.10. The molecule has 0 aliphatic carbocycles. The van der Waals surface area contributed by atoms with Crippen LogP contribution in [0.2, 0.25) is 0 Å². The Morgan fingerprint density at radius 3 is 2.44 bits per heavy atom. The molecule has 0 unspecified atom stereocenters. The van der Waals surface area contributed by atoms with Crippen molar-refractivity contribution in [1.82, 2.24) is 10.7 Å². The molecule has 128 valence electrons. The van der Waals surface area contributed by atoms with Crippen molar-refractivity contribution in [3.8, 4) is 5.75 Å². The highest BCUT2D eigenvalue weighted by molar-refractivity contribution is 6.35. The van der Waals surface area contributed by atoms with E-state index in [-0.39, 0.29) is 6.54 Å². The lowest BCUT2D eigenvalue weighted by Gasteiger charge is -2.04. The molecule has 2 aromatic rings. The van der Waals surface area contributed by atoms with Crippen molar-refractivity contribution in [2.45, 2.75) is 6.54 Å². The van der Waals surface area contributed by atoms with E-state index in [1.54, 1.807) is 30.3 Å². The number of benzene rings is 2. The molecule has 0 aromatic heterocycles. The van der Waals surface area contributed by atoms with Crippen LogP contribution in [0.5, 0.6) is 5.75 Å². The fourth-order valence-corrected chi connectivity index (χ4v) is 1.88. The first-order chi connectivity index (χ1) is 12.2. The molecule has 0 aliphatic rings. The summed E-state index contributed by atoms with van der Waals surface area (Å²) in [5.74, 6) is -0.853. The number of hydrogen-bond acceptors (Lipinski definition) is 4. The standard InChI is InChI=1S/C19H19N3O3/c1-2-12-25-17-10-8-16(9-11-17)14-21-22-19(24)18(23)20-13-15-6-4-3-5-7-15/h2-11,14H,1,12-13H2,(H,20,23)(H,22,24)/b21-14-. The molecule has 0 aliphatic heterocycles. The maximum atomic E-state index is 11.7. The number of carbonyl (C=O) groups is 2. The zero-order chi connectivity index (χ0) is 17.9. The van der Waals surface area contributed by atoms with E-state index in [0.717, 1.165) is 11.1 Å². The topological polar surface area (TPSA) is 79.8 Å². The van der Waals surface area contributed by atoms with Crippen LogP contribution >= 0.6 is 0 Å². The first-order valence-corrected chi connectivity index (χ1v) is 7.68. The summed E-state index contributed by atoms with van der Waals surface area (Å²) in [7, 11) is 0. The normalized spacial score (nSPS) is 10.2. The maximum absolute atomic E-state index is 11.7. The van der Waals surface area contributed by atoms with Gasteiger partial charge in [-0.1, -0.05) is 43.0 Å². The first-order valence-electron chi connectivity index (χ1n) is 7.68. The van der Waals surface area contributed by atoms with Gasteiger partial charge in [0.1, 0.15) is 12.4 Å². The lowest BCUT2D eigenvalue weighted by atomic mass is 10.2. The van der Waals surface area contributed by atoms with Gasteiger partial charge in [-0.25, -0.2) is 5.43 Å². The lowest BCUT2D eigenvalue weighted by Crippen LogP contribution is -2.37. The van der Waals surface area contributed by atoms with Crippen LogP contribution in [0.25, 0.3) is 0 Å². The molecule has 0 bridgehead atoms. The molecule has 0 atom stereocenters. The van der Waals surface area contributed by atoms with Gasteiger partial charge in [0.2, 0.25) is 0 Å². The summed E-state index contributed by atoms with van der Waals surface area (Å²) in [6, 6.07) is 16.4. The predicted molar refractivity (Wildman–Crippen MR) is 96.2 cm³/mol. The minimum atomic E-state index is -0.821. The Morgan fingerprint density at radius 2 is 1.76 bits per heavy atom. The van der Waals surface area contributed by atoms with Crippen molar-refractivity contribution in [2.24, 2.45) is 5.10 Å². The number of nitrogens with one attached hydrogen (secondary N) is 2. The van der Waals surface area contributed by atoms with Crippen molar-refractivity contribution in [3.05, 3.63) is 78.4 Å². The predicted octanol–water partition coefficient (Wildman–Crippen LogP) is 2.02. The third kappa shape index (κ3) is 6.31. The third-order valence-electron chi connectivity index (χ3n) is 3.13. The highest BCUT2D eigenvalue weighted by Gasteiger charge is 2.11. The second-order valence-corrected chi connectivity index (χ2v) is 5.04. The Bertz CT molecular complexity index is 740. The van der Waals surface area contributed by atoms with E-state index in [2.05, 4.69) is 22.4 Å². The Kier molecular flexibility index (Phi) is 6.94. The van der Waals surface area contributed by atoms with Crippen LogP contribution < -0.4 is 15.5 Å². The molecule has 0 fully saturated rings. The van der Waals surface area contributed by atoms with Crippen molar-refractivity contribution in [1.29, 1.82) is 0 Å². The van der Waals surface area contributed by atoms with Gasteiger partial charge in [-0.2, -0.15) is 5.10 Å². The summed E-state index contributed by atoms with van der Waals surface area (Å²) < 4.78 is 5.36. The summed E-state index contributed by atoms with van der Waals surface area (Å²) in [5, 5.41) is 6.29.